The van der Waals surface area contributed by atoms with E-state index in [1.165, 1.54) is 22.0 Å². The van der Waals surface area contributed by atoms with Gasteiger partial charge in [-0.05, 0) is 49.5 Å². The summed E-state index contributed by atoms with van der Waals surface area (Å²) in [6.07, 6.45) is 2.16. The van der Waals surface area contributed by atoms with Gasteiger partial charge in [0.1, 0.15) is 11.5 Å². The number of hydrogen-bond acceptors (Lipinski definition) is 4. The molecule has 0 heterocycles. The molecule has 2 aromatic rings. The molecule has 0 aromatic heterocycles. The quantitative estimate of drug-likeness (QED) is 0.435. The van der Waals surface area contributed by atoms with Crippen molar-refractivity contribution < 1.29 is 14.2 Å². The maximum atomic E-state index is 5.93. The predicted molar refractivity (Wildman–Crippen MR) is 120 cm³/mol. The Bertz CT molecular complexity index is 766. The van der Waals surface area contributed by atoms with Crippen LogP contribution in [0.5, 0.6) is 11.5 Å². The summed E-state index contributed by atoms with van der Waals surface area (Å²) in [5.74, 6) is 1.72. The van der Waals surface area contributed by atoms with E-state index in [1.807, 2.05) is 19.2 Å². The number of methoxy groups -OCH3 is 2. The summed E-state index contributed by atoms with van der Waals surface area (Å²) in [4.78, 5) is 0. The zero-order valence-corrected chi connectivity index (χ0v) is 19.0. The lowest BCUT2D eigenvalue weighted by Crippen LogP contribution is -2.23. The number of hydrogen-bond donors (Lipinski definition) is 1. The van der Waals surface area contributed by atoms with Gasteiger partial charge in [-0.1, -0.05) is 52.6 Å². The Morgan fingerprint density at radius 1 is 1.11 bits per heavy atom. The van der Waals surface area contributed by atoms with Gasteiger partial charge in [-0.2, -0.15) is 0 Å². The van der Waals surface area contributed by atoms with Gasteiger partial charge in [-0.3, -0.25) is 0 Å². The van der Waals surface area contributed by atoms with Crippen LogP contribution in [0.4, 0.5) is 0 Å². The minimum atomic E-state index is -0.0515. The van der Waals surface area contributed by atoms with E-state index < -0.39 is 0 Å². The molecule has 2 rings (SSSR count). The van der Waals surface area contributed by atoms with E-state index in [4.69, 9.17) is 14.2 Å². The summed E-state index contributed by atoms with van der Waals surface area (Å²) in [5, 5.41) is 4.66. The molecule has 0 aliphatic heterocycles. The molecule has 0 aliphatic rings. The highest BCUT2D eigenvalue weighted by atomic mass is 31.1. The lowest BCUT2D eigenvalue weighted by molar-refractivity contribution is 0.0500. The molecule has 0 aliphatic carbocycles. The van der Waals surface area contributed by atoms with Crippen LogP contribution >= 0.6 is 8.58 Å². The van der Waals surface area contributed by atoms with Gasteiger partial charge in [0, 0.05) is 24.4 Å². The lowest BCUT2D eigenvalue weighted by Gasteiger charge is -2.33. The Kier molecular flexibility index (Phi) is 8.75. The average Bonchev–Trinajstić information content (AvgIpc) is 2.69. The standard InChI is InChI=1S/C23H34NO3P/c1-7-12-23(3,28-22-11-8-17(2)13-18(22)15-24-4)20-14-19(26-6)9-10-21(20)27-16-25-5/h8-11,13-14,24,28H,7,12,15-16H2,1-6H3. The summed E-state index contributed by atoms with van der Waals surface area (Å²) in [7, 11) is 5.97. The number of rotatable bonds is 11. The number of benzene rings is 2. The van der Waals surface area contributed by atoms with Gasteiger partial charge in [-0.15, -0.1) is 0 Å². The monoisotopic (exact) mass is 403 g/mol. The molecule has 5 heteroatoms. The zero-order valence-electron chi connectivity index (χ0n) is 18.0. The van der Waals surface area contributed by atoms with Crippen LogP contribution in [0.2, 0.25) is 0 Å². The van der Waals surface area contributed by atoms with Crippen molar-refractivity contribution in [2.75, 3.05) is 28.1 Å². The first kappa shape index (κ1) is 22.7. The topological polar surface area (TPSA) is 39.7 Å². The molecule has 2 unspecified atom stereocenters. The minimum Gasteiger partial charge on any atom is -0.497 e. The van der Waals surface area contributed by atoms with Crippen LogP contribution in [-0.4, -0.2) is 28.1 Å². The van der Waals surface area contributed by atoms with Gasteiger partial charge in [0.2, 0.25) is 0 Å². The molecule has 154 valence electrons. The first-order valence-corrected chi connectivity index (χ1v) is 10.8. The van der Waals surface area contributed by atoms with E-state index in [0.29, 0.717) is 8.58 Å². The second-order valence-electron chi connectivity index (χ2n) is 7.31. The molecule has 0 radical (unpaired) electrons. The van der Waals surface area contributed by atoms with Crippen LogP contribution in [0.25, 0.3) is 0 Å². The molecule has 0 spiro atoms. The van der Waals surface area contributed by atoms with Crippen LogP contribution in [0.15, 0.2) is 36.4 Å². The summed E-state index contributed by atoms with van der Waals surface area (Å²) in [5.41, 5.74) is 3.84. The second kappa shape index (κ2) is 10.8. The van der Waals surface area contributed by atoms with E-state index in [9.17, 15) is 0 Å². The molecule has 0 fully saturated rings. The van der Waals surface area contributed by atoms with Gasteiger partial charge >= 0.3 is 0 Å². The first-order valence-electron chi connectivity index (χ1n) is 9.80. The highest BCUT2D eigenvalue weighted by Gasteiger charge is 2.31. The van der Waals surface area contributed by atoms with Crippen LogP contribution in [0.1, 0.15) is 43.4 Å². The van der Waals surface area contributed by atoms with Crippen molar-refractivity contribution >= 4 is 13.9 Å². The van der Waals surface area contributed by atoms with Crippen molar-refractivity contribution in [3.05, 3.63) is 53.1 Å². The van der Waals surface area contributed by atoms with Gasteiger partial charge in [-0.25, -0.2) is 0 Å². The van der Waals surface area contributed by atoms with Crippen molar-refractivity contribution in [2.24, 2.45) is 0 Å². The molecule has 0 saturated heterocycles. The highest BCUT2D eigenvalue weighted by molar-refractivity contribution is 7.48. The Morgan fingerprint density at radius 3 is 2.54 bits per heavy atom. The third kappa shape index (κ3) is 5.70. The second-order valence-corrected chi connectivity index (χ2v) is 9.20. The predicted octanol–water partition coefficient (Wildman–Crippen LogP) is 4.73. The van der Waals surface area contributed by atoms with Crippen LogP contribution in [-0.2, 0) is 16.4 Å². The van der Waals surface area contributed by atoms with E-state index >= 15 is 0 Å². The highest BCUT2D eigenvalue weighted by Crippen LogP contribution is 2.49. The third-order valence-electron chi connectivity index (χ3n) is 4.90. The van der Waals surface area contributed by atoms with Crippen molar-refractivity contribution in [3.63, 3.8) is 0 Å². The largest absolute Gasteiger partial charge is 0.497 e. The molecule has 0 bridgehead atoms. The molecule has 1 N–H and O–H groups in total. The summed E-state index contributed by atoms with van der Waals surface area (Å²) in [6, 6.07) is 12.8. The zero-order chi connectivity index (χ0) is 20.6. The van der Waals surface area contributed by atoms with E-state index in [2.05, 4.69) is 50.4 Å². The molecule has 4 nitrogen and oxygen atoms in total. The molecule has 0 saturated carbocycles. The smallest absolute Gasteiger partial charge is 0.188 e. The Balaban J connectivity index is 2.51. The Hall–Kier alpha value is -1.61. The summed E-state index contributed by atoms with van der Waals surface area (Å²) in [6.45, 7) is 7.84. The van der Waals surface area contributed by atoms with Crippen molar-refractivity contribution in [2.45, 2.75) is 45.3 Å². The fraction of sp³-hybridized carbons (Fsp3) is 0.478. The minimum absolute atomic E-state index is 0.0515. The molecule has 2 aromatic carbocycles. The Morgan fingerprint density at radius 2 is 1.89 bits per heavy atom. The molecule has 28 heavy (non-hydrogen) atoms. The van der Waals surface area contributed by atoms with Gasteiger partial charge < -0.3 is 19.5 Å². The SMILES string of the molecule is CCCC(C)(Pc1ccc(C)cc1CNC)c1cc(OC)ccc1OCOC. The summed E-state index contributed by atoms with van der Waals surface area (Å²) < 4.78 is 16.6. The van der Waals surface area contributed by atoms with E-state index in [1.54, 1.807) is 14.2 Å². The lowest BCUT2D eigenvalue weighted by atomic mass is 9.94. The van der Waals surface area contributed by atoms with E-state index in [0.717, 1.165) is 30.9 Å². The molecule has 2 atom stereocenters. The van der Waals surface area contributed by atoms with Gasteiger partial charge in [0.25, 0.3) is 0 Å². The van der Waals surface area contributed by atoms with Crippen molar-refractivity contribution in [1.29, 1.82) is 0 Å². The summed E-state index contributed by atoms with van der Waals surface area (Å²) >= 11 is 0. The fourth-order valence-electron chi connectivity index (χ4n) is 3.56. The molecular formula is C23H34NO3P. The maximum absolute atomic E-state index is 5.93. The number of nitrogens with one attached hydrogen (secondary N) is 1. The third-order valence-corrected chi connectivity index (χ3v) is 6.73. The van der Waals surface area contributed by atoms with Crippen molar-refractivity contribution in [3.8, 4) is 11.5 Å². The normalized spacial score (nSPS) is 13.6. The fourth-order valence-corrected chi connectivity index (χ4v) is 5.35. The first-order chi connectivity index (χ1) is 13.5. The van der Waals surface area contributed by atoms with Crippen LogP contribution < -0.4 is 20.1 Å². The maximum Gasteiger partial charge on any atom is 0.188 e. The molecular weight excluding hydrogens is 369 g/mol. The van der Waals surface area contributed by atoms with E-state index in [-0.39, 0.29) is 11.9 Å². The van der Waals surface area contributed by atoms with Crippen molar-refractivity contribution in [1.82, 2.24) is 5.32 Å². The van der Waals surface area contributed by atoms with Gasteiger partial charge in [0.05, 0.1) is 7.11 Å². The number of ether oxygens (including phenoxy) is 3. The van der Waals surface area contributed by atoms with Gasteiger partial charge in [0.15, 0.2) is 6.79 Å². The average molecular weight is 404 g/mol. The van der Waals surface area contributed by atoms with Crippen LogP contribution in [0, 0.1) is 6.92 Å². The Labute approximate surface area is 171 Å². The molecule has 0 amide bonds. The number of aryl methyl sites for hydroxylation is 1. The van der Waals surface area contributed by atoms with Crippen LogP contribution in [0.3, 0.4) is 0 Å².